The molecule has 3 nitrogen and oxygen atoms in total. The van der Waals surface area contributed by atoms with Gasteiger partial charge in [-0.2, -0.15) is 14.6 Å². The first kappa shape index (κ1) is 10.3. The molecule has 0 spiro atoms. The highest BCUT2D eigenvalue weighted by atomic mass is 19.3. The van der Waals surface area contributed by atoms with Gasteiger partial charge in [0, 0.05) is 0 Å². The molecule has 0 atom stereocenters. The maximum atomic E-state index is 12.8. The number of hydrogen-bond donors (Lipinski definition) is 0. The SMILES string of the molecule is COc1nc(F)c(C#N)cc1C(F)F. The standard InChI is InChI=1S/C8H5F3N2O/c1-14-8-5(6(9)10)2-4(3-12)7(11)13-8/h2,6H,1H3. The molecule has 0 aromatic carbocycles. The molecule has 0 fully saturated rings. The zero-order valence-electron chi connectivity index (χ0n) is 7.09. The Balaban J connectivity index is 3.34. The van der Waals surface area contributed by atoms with E-state index in [4.69, 9.17) is 5.26 Å². The minimum absolute atomic E-state index is 0.503. The third-order valence-corrected chi connectivity index (χ3v) is 1.52. The fourth-order valence-corrected chi connectivity index (χ4v) is 0.889. The zero-order valence-corrected chi connectivity index (χ0v) is 7.09. The molecule has 14 heavy (non-hydrogen) atoms. The van der Waals surface area contributed by atoms with E-state index in [0.717, 1.165) is 13.2 Å². The van der Waals surface area contributed by atoms with E-state index in [2.05, 4.69) is 9.72 Å². The Morgan fingerprint density at radius 1 is 1.57 bits per heavy atom. The van der Waals surface area contributed by atoms with Gasteiger partial charge in [0.1, 0.15) is 11.6 Å². The number of pyridine rings is 1. The molecule has 0 aliphatic carbocycles. The highest BCUT2D eigenvalue weighted by molar-refractivity contribution is 5.37. The minimum atomic E-state index is -2.86. The molecule has 6 heteroatoms. The van der Waals surface area contributed by atoms with Crippen molar-refractivity contribution in [3.05, 3.63) is 23.1 Å². The van der Waals surface area contributed by atoms with Crippen molar-refractivity contribution in [2.24, 2.45) is 0 Å². The Hall–Kier alpha value is -1.77. The van der Waals surface area contributed by atoms with E-state index in [1.54, 1.807) is 0 Å². The van der Waals surface area contributed by atoms with Crippen molar-refractivity contribution in [1.29, 1.82) is 5.26 Å². The Morgan fingerprint density at radius 3 is 2.64 bits per heavy atom. The second-order valence-electron chi connectivity index (χ2n) is 2.34. The van der Waals surface area contributed by atoms with Crippen LogP contribution in [-0.4, -0.2) is 12.1 Å². The topological polar surface area (TPSA) is 45.9 Å². The van der Waals surface area contributed by atoms with Gasteiger partial charge in [-0.05, 0) is 6.07 Å². The lowest BCUT2D eigenvalue weighted by molar-refractivity contribution is 0.145. The molecule has 0 N–H and O–H groups in total. The first-order valence-corrected chi connectivity index (χ1v) is 3.52. The van der Waals surface area contributed by atoms with Crippen LogP contribution in [0.5, 0.6) is 5.88 Å². The first-order chi connectivity index (χ1) is 6.60. The summed E-state index contributed by atoms with van der Waals surface area (Å²) in [5, 5.41) is 8.37. The Morgan fingerprint density at radius 2 is 2.21 bits per heavy atom. The monoisotopic (exact) mass is 202 g/mol. The second-order valence-corrected chi connectivity index (χ2v) is 2.34. The average Bonchev–Trinajstić information content (AvgIpc) is 2.16. The van der Waals surface area contributed by atoms with Gasteiger partial charge in [0.25, 0.3) is 6.43 Å². The van der Waals surface area contributed by atoms with Crippen LogP contribution in [0.2, 0.25) is 0 Å². The number of alkyl halides is 2. The number of rotatable bonds is 2. The van der Waals surface area contributed by atoms with Gasteiger partial charge in [0.15, 0.2) is 0 Å². The quantitative estimate of drug-likeness (QED) is 0.689. The molecule has 0 saturated heterocycles. The van der Waals surface area contributed by atoms with Crippen LogP contribution in [0.3, 0.4) is 0 Å². The predicted molar refractivity (Wildman–Crippen MR) is 40.4 cm³/mol. The summed E-state index contributed by atoms with van der Waals surface area (Å²) >= 11 is 0. The first-order valence-electron chi connectivity index (χ1n) is 3.52. The summed E-state index contributed by atoms with van der Waals surface area (Å²) in [5.74, 6) is -1.62. The highest BCUT2D eigenvalue weighted by Gasteiger charge is 2.19. The molecule has 74 valence electrons. The summed E-state index contributed by atoms with van der Waals surface area (Å²) in [5.41, 5.74) is -1.12. The fourth-order valence-electron chi connectivity index (χ4n) is 0.889. The van der Waals surface area contributed by atoms with E-state index >= 15 is 0 Å². The van der Waals surface area contributed by atoms with E-state index in [-0.39, 0.29) is 0 Å². The van der Waals surface area contributed by atoms with Gasteiger partial charge in [0.2, 0.25) is 11.8 Å². The number of nitriles is 1. The van der Waals surface area contributed by atoms with Crippen molar-refractivity contribution in [2.75, 3.05) is 7.11 Å². The molecular weight excluding hydrogens is 197 g/mol. The van der Waals surface area contributed by atoms with Crippen LogP contribution in [0.15, 0.2) is 6.07 Å². The van der Waals surface area contributed by atoms with E-state index in [0.29, 0.717) is 0 Å². The van der Waals surface area contributed by atoms with Crippen LogP contribution in [0.1, 0.15) is 17.6 Å². The summed E-state index contributed by atoms with van der Waals surface area (Å²) in [4.78, 5) is 3.09. The van der Waals surface area contributed by atoms with E-state index in [1.807, 2.05) is 0 Å². The number of methoxy groups -OCH3 is 1. The molecule has 1 aromatic heterocycles. The van der Waals surface area contributed by atoms with E-state index < -0.39 is 29.4 Å². The molecule has 0 aliphatic rings. The summed E-state index contributed by atoms with van der Waals surface area (Å²) in [6.45, 7) is 0. The Kier molecular flexibility index (Phi) is 2.92. The molecule has 0 amide bonds. The maximum absolute atomic E-state index is 12.8. The number of ether oxygens (including phenoxy) is 1. The number of halogens is 3. The fraction of sp³-hybridized carbons (Fsp3) is 0.250. The normalized spacial score (nSPS) is 10.0. The average molecular weight is 202 g/mol. The van der Waals surface area contributed by atoms with Gasteiger partial charge >= 0.3 is 0 Å². The third-order valence-electron chi connectivity index (χ3n) is 1.52. The van der Waals surface area contributed by atoms with Gasteiger partial charge in [0.05, 0.1) is 12.7 Å². The molecular formula is C8H5F3N2O. The van der Waals surface area contributed by atoms with E-state index in [1.165, 1.54) is 6.07 Å². The van der Waals surface area contributed by atoms with Gasteiger partial charge in [-0.25, -0.2) is 8.78 Å². The molecule has 0 radical (unpaired) electrons. The number of aromatic nitrogens is 1. The van der Waals surface area contributed by atoms with Crippen LogP contribution in [0, 0.1) is 17.3 Å². The van der Waals surface area contributed by atoms with Gasteiger partial charge in [-0.3, -0.25) is 0 Å². The van der Waals surface area contributed by atoms with Crippen molar-refractivity contribution < 1.29 is 17.9 Å². The van der Waals surface area contributed by atoms with Crippen molar-refractivity contribution in [3.63, 3.8) is 0 Å². The smallest absolute Gasteiger partial charge is 0.269 e. The lowest BCUT2D eigenvalue weighted by atomic mass is 10.2. The minimum Gasteiger partial charge on any atom is -0.481 e. The summed E-state index contributed by atoms with van der Waals surface area (Å²) < 4.78 is 41.9. The lowest BCUT2D eigenvalue weighted by Gasteiger charge is -2.06. The molecule has 0 unspecified atom stereocenters. The van der Waals surface area contributed by atoms with E-state index in [9.17, 15) is 13.2 Å². The molecule has 0 bridgehead atoms. The second kappa shape index (κ2) is 3.96. The molecule has 1 rings (SSSR count). The van der Waals surface area contributed by atoms with Crippen LogP contribution in [0.4, 0.5) is 13.2 Å². The molecule has 1 aromatic rings. The van der Waals surface area contributed by atoms with Crippen LogP contribution in [-0.2, 0) is 0 Å². The lowest BCUT2D eigenvalue weighted by Crippen LogP contribution is -2.00. The summed E-state index contributed by atoms with van der Waals surface area (Å²) in [7, 11) is 1.10. The predicted octanol–water partition coefficient (Wildman–Crippen LogP) is 2.04. The molecule has 0 saturated carbocycles. The Labute approximate surface area is 77.7 Å². The van der Waals surface area contributed by atoms with Crippen molar-refractivity contribution in [3.8, 4) is 11.9 Å². The maximum Gasteiger partial charge on any atom is 0.269 e. The van der Waals surface area contributed by atoms with Crippen LogP contribution >= 0.6 is 0 Å². The van der Waals surface area contributed by atoms with Gasteiger partial charge < -0.3 is 4.74 Å². The highest BCUT2D eigenvalue weighted by Crippen LogP contribution is 2.28. The molecule has 0 aliphatic heterocycles. The van der Waals surface area contributed by atoms with Crippen molar-refractivity contribution in [1.82, 2.24) is 4.98 Å². The van der Waals surface area contributed by atoms with Gasteiger partial charge in [-0.1, -0.05) is 0 Å². The summed E-state index contributed by atoms with van der Waals surface area (Å²) in [6, 6.07) is 2.14. The zero-order chi connectivity index (χ0) is 10.7. The number of nitrogens with zero attached hydrogens (tertiary/aromatic N) is 2. The van der Waals surface area contributed by atoms with Crippen molar-refractivity contribution in [2.45, 2.75) is 6.43 Å². The van der Waals surface area contributed by atoms with Gasteiger partial charge in [-0.15, -0.1) is 0 Å². The molecule has 1 heterocycles. The summed E-state index contributed by atoms with van der Waals surface area (Å²) in [6.07, 6.45) is -2.86. The third kappa shape index (κ3) is 1.76. The van der Waals surface area contributed by atoms with Crippen molar-refractivity contribution >= 4 is 0 Å². The van der Waals surface area contributed by atoms with Crippen LogP contribution < -0.4 is 4.74 Å². The van der Waals surface area contributed by atoms with Crippen LogP contribution in [0.25, 0.3) is 0 Å². The number of hydrogen-bond acceptors (Lipinski definition) is 3. The largest absolute Gasteiger partial charge is 0.481 e. The Bertz CT molecular complexity index is 387.